The second kappa shape index (κ2) is 3.99. The first kappa shape index (κ1) is 12.4. The molecule has 0 radical (unpaired) electrons. The molecule has 120 valence electrons. The molecule has 0 spiro atoms. The molecule has 0 saturated heterocycles. The molecule has 0 aromatic carbocycles. The molecule has 4 aliphatic heterocycles. The van der Waals surface area contributed by atoms with E-state index in [9.17, 15) is 0 Å². The molecule has 7 heterocycles. The van der Waals surface area contributed by atoms with Gasteiger partial charge in [0.2, 0.25) is 0 Å². The van der Waals surface area contributed by atoms with Crippen molar-refractivity contribution >= 4 is 23.0 Å². The van der Waals surface area contributed by atoms with E-state index < -0.39 is 0 Å². The van der Waals surface area contributed by atoms with Crippen molar-refractivity contribution in [3.05, 3.63) is 65.7 Å². The number of aromatic nitrogens is 3. The molecule has 0 N–H and O–H groups in total. The van der Waals surface area contributed by atoms with Gasteiger partial charge in [0.25, 0.3) is 0 Å². The maximum Gasteiger partial charge on any atom is 0.136 e. The molecule has 7 rings (SSSR count). The predicted octanol–water partition coefficient (Wildman–Crippen LogP) is 3.11. The lowest BCUT2D eigenvalue weighted by Crippen LogP contribution is -2.37. The lowest BCUT2D eigenvalue weighted by atomic mass is 9.87. The Labute approximate surface area is 145 Å². The molecule has 0 bridgehead atoms. The van der Waals surface area contributed by atoms with Gasteiger partial charge in [0.05, 0.1) is 23.8 Å². The third-order valence-corrected chi connectivity index (χ3v) is 6.34. The monoisotopic (exact) mass is 325 g/mol. The van der Waals surface area contributed by atoms with Gasteiger partial charge in [-0.1, -0.05) is 12.1 Å². The Balaban J connectivity index is 1.48. The molecule has 3 aromatic heterocycles. The third-order valence-electron chi connectivity index (χ3n) is 6.34. The SMILES string of the molecule is c1cnc2c(c1)CC1C3c4c(cncc4N4c5ncccc5CC34)N21. The molecule has 5 heteroatoms. The van der Waals surface area contributed by atoms with E-state index in [-0.39, 0.29) is 0 Å². The van der Waals surface area contributed by atoms with Crippen molar-refractivity contribution in [1.82, 2.24) is 15.0 Å². The molecule has 3 aromatic rings. The molecule has 0 saturated carbocycles. The minimum Gasteiger partial charge on any atom is -0.320 e. The van der Waals surface area contributed by atoms with Crippen LogP contribution in [-0.2, 0) is 12.8 Å². The van der Waals surface area contributed by atoms with Gasteiger partial charge in [0.15, 0.2) is 0 Å². The Morgan fingerprint density at radius 1 is 0.800 bits per heavy atom. The summed E-state index contributed by atoms with van der Waals surface area (Å²) in [5.41, 5.74) is 6.66. The summed E-state index contributed by atoms with van der Waals surface area (Å²) in [6.07, 6.45) is 9.98. The highest BCUT2D eigenvalue weighted by Crippen LogP contribution is 2.62. The van der Waals surface area contributed by atoms with Gasteiger partial charge in [0.1, 0.15) is 11.6 Å². The van der Waals surface area contributed by atoms with Crippen LogP contribution in [0.2, 0.25) is 0 Å². The van der Waals surface area contributed by atoms with Crippen LogP contribution >= 0.6 is 0 Å². The fourth-order valence-electron chi connectivity index (χ4n) is 5.54. The van der Waals surface area contributed by atoms with Crippen LogP contribution in [0, 0.1) is 0 Å². The van der Waals surface area contributed by atoms with E-state index in [2.05, 4.69) is 36.9 Å². The number of hydrogen-bond donors (Lipinski definition) is 0. The van der Waals surface area contributed by atoms with E-state index in [4.69, 9.17) is 0 Å². The van der Waals surface area contributed by atoms with E-state index in [0.717, 1.165) is 24.5 Å². The molecule has 0 aliphatic carbocycles. The summed E-state index contributed by atoms with van der Waals surface area (Å²) in [4.78, 5) is 18.8. The Morgan fingerprint density at radius 2 is 1.36 bits per heavy atom. The standard InChI is InChI=1S/C20H15N5/c1-3-11-7-13-17-14-8-12-4-2-6-23-20(12)25(14)16-10-21-9-15(18(16)17)24(13)19(11)22-5-1/h1-6,9-10,13-14,17H,7-8H2. The van der Waals surface area contributed by atoms with Gasteiger partial charge >= 0.3 is 0 Å². The molecule has 25 heavy (non-hydrogen) atoms. The summed E-state index contributed by atoms with van der Waals surface area (Å²) < 4.78 is 0. The van der Waals surface area contributed by atoms with Crippen LogP contribution in [0.25, 0.3) is 0 Å². The highest BCUT2D eigenvalue weighted by Gasteiger charge is 2.56. The first-order valence-corrected chi connectivity index (χ1v) is 8.86. The van der Waals surface area contributed by atoms with Crippen LogP contribution in [0.3, 0.4) is 0 Å². The number of nitrogens with zero attached hydrogens (tertiary/aromatic N) is 5. The zero-order chi connectivity index (χ0) is 16.1. The van der Waals surface area contributed by atoms with Crippen LogP contribution in [0.1, 0.15) is 22.6 Å². The van der Waals surface area contributed by atoms with Crippen molar-refractivity contribution in [3.8, 4) is 0 Å². The highest BCUT2D eigenvalue weighted by atomic mass is 15.3. The van der Waals surface area contributed by atoms with Gasteiger partial charge in [-0.15, -0.1) is 0 Å². The summed E-state index contributed by atoms with van der Waals surface area (Å²) in [5, 5.41) is 0. The molecule has 4 aliphatic rings. The minimum absolute atomic E-state index is 0.451. The Bertz CT molecular complexity index is 982. The molecular weight excluding hydrogens is 310 g/mol. The molecule has 0 fully saturated rings. The maximum atomic E-state index is 4.69. The lowest BCUT2D eigenvalue weighted by Gasteiger charge is -2.29. The molecular formula is C20H15N5. The van der Waals surface area contributed by atoms with E-state index in [1.807, 2.05) is 36.9 Å². The number of anilines is 4. The summed E-state index contributed by atoms with van der Waals surface area (Å²) in [5.74, 6) is 2.74. The first-order valence-electron chi connectivity index (χ1n) is 8.86. The van der Waals surface area contributed by atoms with Crippen molar-refractivity contribution in [1.29, 1.82) is 0 Å². The van der Waals surface area contributed by atoms with Gasteiger partial charge in [0, 0.05) is 36.0 Å². The highest BCUT2D eigenvalue weighted by molar-refractivity contribution is 5.87. The largest absolute Gasteiger partial charge is 0.320 e. The molecule has 0 amide bonds. The van der Waals surface area contributed by atoms with E-state index >= 15 is 0 Å². The maximum absolute atomic E-state index is 4.69. The number of fused-ring (bicyclic) bond motifs is 10. The molecule has 2 unspecified atom stereocenters. The van der Waals surface area contributed by atoms with E-state index in [1.165, 1.54) is 28.1 Å². The van der Waals surface area contributed by atoms with Gasteiger partial charge < -0.3 is 9.80 Å². The van der Waals surface area contributed by atoms with Crippen molar-refractivity contribution < 1.29 is 0 Å². The minimum atomic E-state index is 0.451. The Morgan fingerprint density at radius 3 is 1.92 bits per heavy atom. The van der Waals surface area contributed by atoms with Crippen LogP contribution in [0.4, 0.5) is 23.0 Å². The van der Waals surface area contributed by atoms with Gasteiger partial charge in [-0.25, -0.2) is 9.97 Å². The smallest absolute Gasteiger partial charge is 0.136 e. The van der Waals surface area contributed by atoms with Crippen molar-refractivity contribution in [3.63, 3.8) is 0 Å². The number of pyridine rings is 3. The zero-order valence-electron chi connectivity index (χ0n) is 13.5. The predicted molar refractivity (Wildman–Crippen MR) is 94.7 cm³/mol. The summed E-state index contributed by atoms with van der Waals surface area (Å²) in [7, 11) is 0. The van der Waals surface area contributed by atoms with E-state index in [0.29, 0.717) is 18.0 Å². The van der Waals surface area contributed by atoms with Crippen molar-refractivity contribution in [2.75, 3.05) is 9.80 Å². The summed E-state index contributed by atoms with van der Waals surface area (Å²) >= 11 is 0. The fraction of sp³-hybridized carbons (Fsp3) is 0.250. The second-order valence-electron chi connectivity index (χ2n) is 7.37. The Kier molecular flexibility index (Phi) is 1.98. The first-order chi connectivity index (χ1) is 12.4. The van der Waals surface area contributed by atoms with Crippen molar-refractivity contribution in [2.24, 2.45) is 0 Å². The Hall–Kier alpha value is -2.95. The van der Waals surface area contributed by atoms with Crippen LogP contribution < -0.4 is 9.80 Å². The van der Waals surface area contributed by atoms with Crippen LogP contribution in [-0.4, -0.2) is 27.0 Å². The normalized spacial score (nSPS) is 26.3. The average Bonchev–Trinajstić information content (AvgIpc) is 3.35. The quantitative estimate of drug-likeness (QED) is 0.635. The number of hydrogen-bond acceptors (Lipinski definition) is 5. The van der Waals surface area contributed by atoms with E-state index in [1.54, 1.807) is 0 Å². The average molecular weight is 325 g/mol. The fourth-order valence-corrected chi connectivity index (χ4v) is 5.54. The second-order valence-corrected chi connectivity index (χ2v) is 7.37. The van der Waals surface area contributed by atoms with Crippen LogP contribution in [0.5, 0.6) is 0 Å². The molecule has 5 nitrogen and oxygen atoms in total. The van der Waals surface area contributed by atoms with Gasteiger partial charge in [-0.05, 0) is 36.1 Å². The molecule has 2 atom stereocenters. The summed E-state index contributed by atoms with van der Waals surface area (Å²) in [6.45, 7) is 0. The topological polar surface area (TPSA) is 45.2 Å². The van der Waals surface area contributed by atoms with Crippen molar-refractivity contribution in [2.45, 2.75) is 30.8 Å². The van der Waals surface area contributed by atoms with Gasteiger partial charge in [-0.2, -0.15) is 0 Å². The number of rotatable bonds is 0. The zero-order valence-corrected chi connectivity index (χ0v) is 13.5. The van der Waals surface area contributed by atoms with Gasteiger partial charge in [-0.3, -0.25) is 4.98 Å². The summed E-state index contributed by atoms with van der Waals surface area (Å²) in [6, 6.07) is 9.43. The van der Waals surface area contributed by atoms with Crippen LogP contribution in [0.15, 0.2) is 49.1 Å². The third kappa shape index (κ3) is 1.29. The lowest BCUT2D eigenvalue weighted by molar-refractivity contribution is 0.503.